The van der Waals surface area contributed by atoms with E-state index in [1.54, 1.807) is 27.9 Å². The summed E-state index contributed by atoms with van der Waals surface area (Å²) in [6.45, 7) is 9.42. The molecule has 0 saturated carbocycles. The number of hydrogen-bond donors (Lipinski definition) is 2. The van der Waals surface area contributed by atoms with Crippen LogP contribution in [0, 0.1) is 5.92 Å². The molecule has 2 unspecified atom stereocenters. The topological polar surface area (TPSA) is 76.7 Å². The third-order valence-electron chi connectivity index (χ3n) is 3.47. The van der Waals surface area contributed by atoms with Crippen molar-refractivity contribution in [2.24, 2.45) is 5.92 Å². The number of ether oxygens (including phenoxy) is 2. The molecule has 140 valence electrons. The first-order valence-electron chi connectivity index (χ1n) is 8.48. The van der Waals surface area contributed by atoms with Crippen LogP contribution in [0.1, 0.15) is 46.2 Å². The predicted molar refractivity (Wildman–Crippen MR) is 97.2 cm³/mol. The Labute approximate surface area is 150 Å². The zero-order valence-corrected chi connectivity index (χ0v) is 16.0. The van der Waals surface area contributed by atoms with E-state index < -0.39 is 17.7 Å². The molecule has 0 aliphatic heterocycles. The van der Waals surface area contributed by atoms with Crippen molar-refractivity contribution in [3.63, 3.8) is 0 Å². The molecule has 0 spiro atoms. The van der Waals surface area contributed by atoms with Crippen LogP contribution < -0.4 is 10.6 Å². The van der Waals surface area contributed by atoms with Crippen LogP contribution in [0.5, 0.6) is 0 Å². The normalized spacial score (nSPS) is 13.9. The molecule has 25 heavy (non-hydrogen) atoms. The first kappa shape index (κ1) is 21.0. The van der Waals surface area contributed by atoms with Gasteiger partial charge in [-0.25, -0.2) is 4.79 Å². The molecule has 1 aromatic rings. The molecule has 6 nitrogen and oxygen atoms in total. The van der Waals surface area contributed by atoms with E-state index in [1.807, 2.05) is 44.2 Å². The maximum Gasteiger partial charge on any atom is 0.408 e. The minimum absolute atomic E-state index is 0.0912. The van der Waals surface area contributed by atoms with Crippen molar-refractivity contribution in [1.29, 1.82) is 0 Å². The smallest absolute Gasteiger partial charge is 0.408 e. The van der Waals surface area contributed by atoms with Gasteiger partial charge in [-0.3, -0.25) is 4.79 Å². The molecule has 0 aliphatic carbocycles. The lowest BCUT2D eigenvalue weighted by Gasteiger charge is -2.27. The van der Waals surface area contributed by atoms with Crippen LogP contribution in [0.2, 0.25) is 0 Å². The second-order valence-corrected chi connectivity index (χ2v) is 7.30. The molecule has 0 bridgehead atoms. The van der Waals surface area contributed by atoms with Gasteiger partial charge in [0.1, 0.15) is 11.6 Å². The van der Waals surface area contributed by atoms with E-state index in [9.17, 15) is 9.59 Å². The molecule has 2 N–H and O–H groups in total. The minimum Gasteiger partial charge on any atom is -0.444 e. The second kappa shape index (κ2) is 9.42. The van der Waals surface area contributed by atoms with E-state index in [0.29, 0.717) is 6.61 Å². The molecule has 0 heterocycles. The Morgan fingerprint density at radius 1 is 1.08 bits per heavy atom. The number of benzene rings is 1. The third kappa shape index (κ3) is 7.56. The van der Waals surface area contributed by atoms with Gasteiger partial charge in [-0.15, -0.1) is 0 Å². The lowest BCUT2D eigenvalue weighted by atomic mass is 10.0. The van der Waals surface area contributed by atoms with Gasteiger partial charge < -0.3 is 20.1 Å². The van der Waals surface area contributed by atoms with E-state index >= 15 is 0 Å². The molecule has 0 aliphatic rings. The largest absolute Gasteiger partial charge is 0.444 e. The van der Waals surface area contributed by atoms with Crippen LogP contribution in [0.4, 0.5) is 4.79 Å². The number of alkyl carbamates (subject to hydrolysis) is 1. The van der Waals surface area contributed by atoms with Crippen LogP contribution in [0.25, 0.3) is 0 Å². The van der Waals surface area contributed by atoms with Crippen molar-refractivity contribution in [1.82, 2.24) is 10.6 Å². The highest BCUT2D eigenvalue weighted by Gasteiger charge is 2.28. The molecule has 0 radical (unpaired) electrons. The number of rotatable bonds is 7. The molecule has 0 fully saturated rings. The van der Waals surface area contributed by atoms with Gasteiger partial charge in [-0.05, 0) is 32.3 Å². The van der Waals surface area contributed by atoms with Crippen molar-refractivity contribution < 1.29 is 19.1 Å². The Bertz CT molecular complexity index is 552. The summed E-state index contributed by atoms with van der Waals surface area (Å²) in [7, 11) is 1.58. The number of carbonyl (C=O) groups excluding carboxylic acids is 2. The van der Waals surface area contributed by atoms with Crippen molar-refractivity contribution in [3.05, 3.63) is 35.9 Å². The fourth-order valence-corrected chi connectivity index (χ4v) is 2.30. The first-order valence-corrected chi connectivity index (χ1v) is 8.48. The zero-order chi connectivity index (χ0) is 19.0. The maximum absolute atomic E-state index is 12.7. The highest BCUT2D eigenvalue weighted by molar-refractivity contribution is 5.86. The number of methoxy groups -OCH3 is 1. The van der Waals surface area contributed by atoms with Gasteiger partial charge in [0.25, 0.3) is 0 Å². The fraction of sp³-hybridized carbons (Fsp3) is 0.579. The Balaban J connectivity index is 2.82. The lowest BCUT2D eigenvalue weighted by molar-refractivity contribution is -0.125. The minimum atomic E-state index is -0.696. The van der Waals surface area contributed by atoms with Gasteiger partial charge in [-0.2, -0.15) is 0 Å². The standard InChI is InChI=1S/C19H30N2O4/c1-13(2)16(21-18(23)25-19(3,4)5)17(22)20-15(12-24-6)14-10-8-7-9-11-14/h7-11,13,15-16H,12H2,1-6H3,(H,20,22)(H,21,23). The summed E-state index contributed by atoms with van der Waals surface area (Å²) in [5.74, 6) is -0.363. The fourth-order valence-electron chi connectivity index (χ4n) is 2.30. The van der Waals surface area contributed by atoms with Crippen molar-refractivity contribution in [3.8, 4) is 0 Å². The van der Waals surface area contributed by atoms with Gasteiger partial charge in [-0.1, -0.05) is 44.2 Å². The van der Waals surface area contributed by atoms with E-state index in [-0.39, 0.29) is 17.9 Å². The Morgan fingerprint density at radius 3 is 2.16 bits per heavy atom. The van der Waals surface area contributed by atoms with E-state index in [0.717, 1.165) is 5.56 Å². The van der Waals surface area contributed by atoms with Crippen molar-refractivity contribution in [2.75, 3.05) is 13.7 Å². The maximum atomic E-state index is 12.7. The molecule has 0 saturated heterocycles. The van der Waals surface area contributed by atoms with Crippen LogP contribution in [0.3, 0.4) is 0 Å². The summed E-state index contributed by atoms with van der Waals surface area (Å²) < 4.78 is 10.5. The number of hydrogen-bond acceptors (Lipinski definition) is 4. The Hall–Kier alpha value is -2.08. The van der Waals surface area contributed by atoms with E-state index in [4.69, 9.17) is 9.47 Å². The summed E-state index contributed by atoms with van der Waals surface area (Å²) in [5, 5.41) is 5.61. The summed E-state index contributed by atoms with van der Waals surface area (Å²) in [6.07, 6.45) is -0.607. The van der Waals surface area contributed by atoms with Gasteiger partial charge in [0.05, 0.1) is 12.6 Å². The molecule has 2 atom stereocenters. The summed E-state index contributed by atoms with van der Waals surface area (Å²) in [4.78, 5) is 24.7. The van der Waals surface area contributed by atoms with Crippen LogP contribution >= 0.6 is 0 Å². The van der Waals surface area contributed by atoms with Gasteiger partial charge >= 0.3 is 6.09 Å². The molecule has 0 aromatic heterocycles. The quantitative estimate of drug-likeness (QED) is 0.792. The lowest BCUT2D eigenvalue weighted by Crippen LogP contribution is -2.51. The molecular weight excluding hydrogens is 320 g/mol. The van der Waals surface area contributed by atoms with E-state index in [2.05, 4.69) is 10.6 Å². The zero-order valence-electron chi connectivity index (χ0n) is 16.0. The summed E-state index contributed by atoms with van der Waals surface area (Å²) in [5.41, 5.74) is 0.322. The van der Waals surface area contributed by atoms with Gasteiger partial charge in [0.2, 0.25) is 5.91 Å². The average Bonchev–Trinajstić information content (AvgIpc) is 2.51. The highest BCUT2D eigenvalue weighted by atomic mass is 16.6. The first-order chi connectivity index (χ1) is 11.6. The summed E-state index contributed by atoms with van der Waals surface area (Å²) in [6, 6.07) is 8.59. The van der Waals surface area contributed by atoms with Crippen LogP contribution in [-0.4, -0.2) is 37.4 Å². The number of amides is 2. The van der Waals surface area contributed by atoms with Crippen LogP contribution in [0.15, 0.2) is 30.3 Å². The Kier molecular flexibility index (Phi) is 7.90. The van der Waals surface area contributed by atoms with Gasteiger partial charge in [0.15, 0.2) is 0 Å². The molecule has 2 amide bonds. The predicted octanol–water partition coefficient (Wildman–Crippen LogP) is 3.04. The summed E-state index contributed by atoms with van der Waals surface area (Å²) >= 11 is 0. The van der Waals surface area contributed by atoms with Crippen molar-refractivity contribution in [2.45, 2.75) is 52.3 Å². The molecule has 1 rings (SSSR count). The average molecular weight is 350 g/mol. The monoisotopic (exact) mass is 350 g/mol. The number of nitrogens with one attached hydrogen (secondary N) is 2. The highest BCUT2D eigenvalue weighted by Crippen LogP contribution is 2.14. The Morgan fingerprint density at radius 2 is 1.68 bits per heavy atom. The third-order valence-corrected chi connectivity index (χ3v) is 3.47. The van der Waals surface area contributed by atoms with E-state index in [1.165, 1.54) is 0 Å². The molecule has 6 heteroatoms. The molecule has 1 aromatic carbocycles. The van der Waals surface area contributed by atoms with Gasteiger partial charge in [0, 0.05) is 7.11 Å². The number of carbonyl (C=O) groups is 2. The van der Waals surface area contributed by atoms with Crippen LogP contribution in [-0.2, 0) is 14.3 Å². The molecular formula is C19H30N2O4. The SMILES string of the molecule is COCC(NC(=O)C(NC(=O)OC(C)(C)C)C(C)C)c1ccccc1. The second-order valence-electron chi connectivity index (χ2n) is 7.30. The van der Waals surface area contributed by atoms with Crippen molar-refractivity contribution >= 4 is 12.0 Å².